The van der Waals surface area contributed by atoms with Gasteiger partial charge >= 0.3 is 6.03 Å². The van der Waals surface area contributed by atoms with Crippen molar-refractivity contribution in [3.63, 3.8) is 0 Å². The van der Waals surface area contributed by atoms with Crippen LogP contribution in [0.25, 0.3) is 0 Å². The van der Waals surface area contributed by atoms with Gasteiger partial charge in [-0.05, 0) is 6.92 Å². The minimum absolute atomic E-state index is 0. The highest BCUT2D eigenvalue weighted by Gasteiger charge is 2.00. The number of carbonyl (C=O) groups excluding carboxylic acids is 1. The third-order valence-corrected chi connectivity index (χ3v) is 1.58. The number of guanidine groups is 1. The first-order valence-corrected chi connectivity index (χ1v) is 3.95. The Kier molecular flexibility index (Phi) is 8.23. The van der Waals surface area contributed by atoms with Crippen molar-refractivity contribution in [3.05, 3.63) is 17.7 Å². The van der Waals surface area contributed by atoms with Gasteiger partial charge in [-0.25, -0.2) is 14.8 Å². The monoisotopic (exact) mass is 268 g/mol. The first-order chi connectivity index (χ1) is 6.59. The number of hydrogen-bond acceptors (Lipinski definition) is 3. The van der Waals surface area contributed by atoms with Crippen molar-refractivity contribution in [2.24, 2.45) is 16.5 Å². The number of primary amides is 1. The molecule has 9 heteroatoms. The molecule has 1 rings (SSSR count). The van der Waals surface area contributed by atoms with Crippen LogP contribution in [0.3, 0.4) is 0 Å². The minimum Gasteiger partial charge on any atom is -0.370 e. The molecule has 16 heavy (non-hydrogen) atoms. The van der Waals surface area contributed by atoms with E-state index in [0.717, 1.165) is 11.4 Å². The summed E-state index contributed by atoms with van der Waals surface area (Å²) in [6.45, 7) is 2.18. The highest BCUT2D eigenvalue weighted by molar-refractivity contribution is 5.94. The molecule has 0 aliphatic carbocycles. The van der Waals surface area contributed by atoms with Crippen molar-refractivity contribution in [1.82, 2.24) is 15.3 Å². The van der Waals surface area contributed by atoms with Gasteiger partial charge in [0.1, 0.15) is 0 Å². The van der Waals surface area contributed by atoms with Crippen LogP contribution >= 0.6 is 24.8 Å². The Morgan fingerprint density at radius 3 is 2.62 bits per heavy atom. The number of rotatable bonds is 2. The number of hydrogen-bond donors (Lipinski definition) is 4. The lowest BCUT2D eigenvalue weighted by atomic mass is 10.3. The van der Waals surface area contributed by atoms with Crippen molar-refractivity contribution >= 4 is 36.8 Å². The number of nitrogens with zero attached hydrogens (tertiary/aromatic N) is 2. The van der Waals surface area contributed by atoms with Gasteiger partial charge in [0.15, 0.2) is 5.96 Å². The van der Waals surface area contributed by atoms with Crippen molar-refractivity contribution in [3.8, 4) is 0 Å². The Hall–Kier alpha value is -1.47. The highest BCUT2D eigenvalue weighted by atomic mass is 35.5. The fraction of sp³-hybridized carbons (Fsp3) is 0.286. The highest BCUT2D eigenvalue weighted by Crippen LogP contribution is 2.01. The van der Waals surface area contributed by atoms with Crippen LogP contribution < -0.4 is 16.8 Å². The number of aromatic amines is 1. The van der Waals surface area contributed by atoms with E-state index in [-0.39, 0.29) is 30.8 Å². The fourth-order valence-corrected chi connectivity index (χ4v) is 0.872. The van der Waals surface area contributed by atoms with E-state index in [1.165, 1.54) is 0 Å². The van der Waals surface area contributed by atoms with Crippen LogP contribution in [0.2, 0.25) is 0 Å². The predicted molar refractivity (Wildman–Crippen MR) is 65.9 cm³/mol. The Bertz CT molecular complexity index is 364. The molecule has 0 spiro atoms. The summed E-state index contributed by atoms with van der Waals surface area (Å²) >= 11 is 0. The Morgan fingerprint density at radius 2 is 2.19 bits per heavy atom. The summed E-state index contributed by atoms with van der Waals surface area (Å²) in [6, 6.07) is -0.731. The number of halogens is 2. The maximum atomic E-state index is 10.4. The van der Waals surface area contributed by atoms with Crippen LogP contribution in [0.4, 0.5) is 4.79 Å². The summed E-state index contributed by atoms with van der Waals surface area (Å²) < 4.78 is 0. The molecule has 2 amide bonds. The zero-order valence-corrected chi connectivity index (χ0v) is 10.2. The summed E-state index contributed by atoms with van der Waals surface area (Å²) in [5.74, 6) is -0.0140. The van der Waals surface area contributed by atoms with Gasteiger partial charge < -0.3 is 16.5 Å². The lowest BCUT2D eigenvalue weighted by Gasteiger charge is -1.99. The quantitative estimate of drug-likeness (QED) is 0.448. The number of aromatic nitrogens is 2. The van der Waals surface area contributed by atoms with E-state index in [1.807, 2.05) is 6.92 Å². The van der Waals surface area contributed by atoms with Crippen molar-refractivity contribution in [2.75, 3.05) is 0 Å². The number of aliphatic imine (C=N–C) groups is 1. The zero-order valence-electron chi connectivity index (χ0n) is 8.56. The minimum atomic E-state index is -0.731. The molecule has 0 unspecified atom stereocenters. The summed E-state index contributed by atoms with van der Waals surface area (Å²) in [6.07, 6.45) is 1.57. The molecule has 0 aliphatic rings. The number of imidazole rings is 1. The fourth-order valence-electron chi connectivity index (χ4n) is 0.872. The Balaban J connectivity index is 0. The molecular formula is C7H14Cl2N6O. The number of H-pyrrole nitrogens is 1. The van der Waals surface area contributed by atoms with E-state index in [9.17, 15) is 4.79 Å². The largest absolute Gasteiger partial charge is 0.370 e. The molecule has 1 aromatic rings. The molecule has 1 heterocycles. The van der Waals surface area contributed by atoms with Crippen LogP contribution in [0.1, 0.15) is 11.4 Å². The number of nitrogens with two attached hydrogens (primary N) is 2. The number of carbonyl (C=O) groups is 1. The van der Waals surface area contributed by atoms with E-state index < -0.39 is 6.03 Å². The van der Waals surface area contributed by atoms with Gasteiger partial charge in [0.05, 0.1) is 18.6 Å². The van der Waals surface area contributed by atoms with Gasteiger partial charge in [-0.1, -0.05) is 0 Å². The van der Waals surface area contributed by atoms with Crippen LogP contribution in [0, 0.1) is 6.92 Å². The summed E-state index contributed by atoms with van der Waals surface area (Å²) in [4.78, 5) is 21.1. The molecular weight excluding hydrogens is 255 g/mol. The Labute approximate surface area is 105 Å². The molecule has 6 N–H and O–H groups in total. The second-order valence-electron chi connectivity index (χ2n) is 2.66. The van der Waals surface area contributed by atoms with Crippen molar-refractivity contribution < 1.29 is 4.79 Å². The predicted octanol–water partition coefficient (Wildman–Crippen LogP) is 0.0447. The van der Waals surface area contributed by atoms with Crippen LogP contribution in [-0.2, 0) is 6.54 Å². The SMILES string of the molecule is Cc1[nH]cnc1CN=C(N)NC(N)=O.Cl.Cl. The molecule has 1 aromatic heterocycles. The zero-order chi connectivity index (χ0) is 10.6. The summed E-state index contributed by atoms with van der Waals surface area (Å²) in [7, 11) is 0. The maximum Gasteiger partial charge on any atom is 0.318 e. The standard InChI is InChI=1S/C7H12N6O.2ClH/c1-4-5(12-3-11-4)2-10-6(8)13-7(9)14;;/h3H,2H2,1H3,(H,11,12)(H5,8,9,10,13,14);2*1H. The molecule has 0 fully saturated rings. The third kappa shape index (κ3) is 5.42. The average Bonchev–Trinajstić information content (AvgIpc) is 2.46. The number of amides is 2. The second kappa shape index (κ2) is 7.77. The molecule has 0 atom stereocenters. The molecule has 7 nitrogen and oxygen atoms in total. The van der Waals surface area contributed by atoms with Crippen molar-refractivity contribution in [2.45, 2.75) is 13.5 Å². The normalized spacial score (nSPS) is 9.94. The number of nitrogens with one attached hydrogen (secondary N) is 2. The topological polar surface area (TPSA) is 122 Å². The smallest absolute Gasteiger partial charge is 0.318 e. The van der Waals surface area contributed by atoms with Crippen molar-refractivity contribution in [1.29, 1.82) is 0 Å². The molecule has 92 valence electrons. The molecule has 0 bridgehead atoms. The van der Waals surface area contributed by atoms with Gasteiger partial charge in [0.25, 0.3) is 0 Å². The van der Waals surface area contributed by atoms with Crippen LogP contribution in [-0.4, -0.2) is 22.0 Å². The first kappa shape index (κ1) is 16.9. The van der Waals surface area contributed by atoms with E-state index in [4.69, 9.17) is 11.5 Å². The van der Waals surface area contributed by atoms with E-state index >= 15 is 0 Å². The number of aryl methyl sites for hydroxylation is 1. The molecule has 0 aromatic carbocycles. The molecule has 0 saturated carbocycles. The van der Waals surface area contributed by atoms with E-state index in [2.05, 4.69) is 20.3 Å². The maximum absolute atomic E-state index is 10.4. The van der Waals surface area contributed by atoms with E-state index in [0.29, 0.717) is 6.54 Å². The Morgan fingerprint density at radius 1 is 1.56 bits per heavy atom. The van der Waals surface area contributed by atoms with Gasteiger partial charge in [0.2, 0.25) is 0 Å². The molecule has 0 aliphatic heterocycles. The van der Waals surface area contributed by atoms with E-state index in [1.54, 1.807) is 6.33 Å². The second-order valence-corrected chi connectivity index (χ2v) is 2.66. The summed E-state index contributed by atoms with van der Waals surface area (Å²) in [5, 5.41) is 2.15. The van der Waals surface area contributed by atoms with Gasteiger partial charge in [-0.15, -0.1) is 24.8 Å². The molecule has 0 saturated heterocycles. The lowest BCUT2D eigenvalue weighted by molar-refractivity contribution is 0.253. The molecule has 0 radical (unpaired) electrons. The van der Waals surface area contributed by atoms with Crippen LogP contribution in [0.5, 0.6) is 0 Å². The van der Waals surface area contributed by atoms with Gasteiger partial charge in [0, 0.05) is 5.69 Å². The average molecular weight is 269 g/mol. The van der Waals surface area contributed by atoms with Gasteiger partial charge in [-0.3, -0.25) is 5.32 Å². The first-order valence-electron chi connectivity index (χ1n) is 3.95. The van der Waals surface area contributed by atoms with Gasteiger partial charge in [-0.2, -0.15) is 0 Å². The van der Waals surface area contributed by atoms with Crippen LogP contribution in [0.15, 0.2) is 11.3 Å². The third-order valence-electron chi connectivity index (χ3n) is 1.58. The summed E-state index contributed by atoms with van der Waals surface area (Å²) in [5.41, 5.74) is 11.9. The number of urea groups is 1. The lowest BCUT2D eigenvalue weighted by Crippen LogP contribution is -2.40.